The molecule has 0 aliphatic rings. The molecule has 1 amide bonds. The number of nitrogens with one attached hydrogen (secondary N) is 1. The van der Waals surface area contributed by atoms with Gasteiger partial charge in [0.15, 0.2) is 17.0 Å². The van der Waals surface area contributed by atoms with E-state index < -0.39 is 17.8 Å². The lowest BCUT2D eigenvalue weighted by atomic mass is 10.0. The first-order valence-corrected chi connectivity index (χ1v) is 10.0. The van der Waals surface area contributed by atoms with Crippen LogP contribution >= 0.6 is 0 Å². The van der Waals surface area contributed by atoms with Gasteiger partial charge in [-0.1, -0.05) is 36.4 Å². The first kappa shape index (κ1) is 20.7. The Kier molecular flexibility index (Phi) is 4.85. The number of rotatable bonds is 4. The Morgan fingerprint density at radius 1 is 1.06 bits per heavy atom. The molecule has 5 rings (SSSR count). The lowest BCUT2D eigenvalue weighted by molar-refractivity contribution is -0.142. The maximum Gasteiger partial charge on any atom is 0.433 e. The van der Waals surface area contributed by atoms with Gasteiger partial charge >= 0.3 is 6.18 Å². The molecule has 2 aromatic carbocycles. The number of halogens is 3. The maximum atomic E-state index is 13.9. The molecule has 0 bridgehead atoms. The molecule has 5 aromatic rings. The zero-order chi connectivity index (χ0) is 23.2. The SMILES string of the molecule is Cn1cc(CNC(=O)c2cc3nc(-c4ccc5ccccc5c4)cc(C(F)(F)F)n3n2)cn1. The van der Waals surface area contributed by atoms with Crippen LogP contribution in [0.4, 0.5) is 13.2 Å². The normalized spacial score (nSPS) is 11.9. The third-order valence-electron chi connectivity index (χ3n) is 5.21. The summed E-state index contributed by atoms with van der Waals surface area (Å²) in [5.41, 5.74) is 0.185. The van der Waals surface area contributed by atoms with Crippen LogP contribution < -0.4 is 5.32 Å². The van der Waals surface area contributed by atoms with Gasteiger partial charge in [0.05, 0.1) is 11.9 Å². The van der Waals surface area contributed by atoms with Crippen molar-refractivity contribution in [3.05, 3.63) is 83.9 Å². The first-order valence-electron chi connectivity index (χ1n) is 10.0. The quantitative estimate of drug-likeness (QED) is 0.445. The third kappa shape index (κ3) is 4.02. The van der Waals surface area contributed by atoms with E-state index in [1.54, 1.807) is 36.3 Å². The summed E-state index contributed by atoms with van der Waals surface area (Å²) in [4.78, 5) is 16.9. The number of carbonyl (C=O) groups is 1. The van der Waals surface area contributed by atoms with E-state index >= 15 is 0 Å². The summed E-state index contributed by atoms with van der Waals surface area (Å²) in [6.45, 7) is 0.169. The number of alkyl halides is 3. The van der Waals surface area contributed by atoms with E-state index in [1.807, 2.05) is 30.3 Å². The van der Waals surface area contributed by atoms with Crippen molar-refractivity contribution in [2.24, 2.45) is 7.05 Å². The number of hydrogen-bond donors (Lipinski definition) is 1. The Hall–Kier alpha value is -4.21. The Bertz CT molecular complexity index is 1500. The largest absolute Gasteiger partial charge is 0.433 e. The van der Waals surface area contributed by atoms with Gasteiger partial charge in [-0.15, -0.1) is 0 Å². The summed E-state index contributed by atoms with van der Waals surface area (Å²) in [6.07, 6.45) is -1.38. The Morgan fingerprint density at radius 3 is 2.58 bits per heavy atom. The van der Waals surface area contributed by atoms with Crippen molar-refractivity contribution in [2.75, 3.05) is 0 Å². The van der Waals surface area contributed by atoms with Gasteiger partial charge in [-0.2, -0.15) is 23.4 Å². The molecular weight excluding hydrogens is 433 g/mol. The molecule has 0 atom stereocenters. The summed E-state index contributed by atoms with van der Waals surface area (Å²) in [6, 6.07) is 15.1. The fraction of sp³-hybridized carbons (Fsp3) is 0.130. The van der Waals surface area contributed by atoms with Gasteiger partial charge in [-0.05, 0) is 22.9 Å². The Labute approximate surface area is 185 Å². The van der Waals surface area contributed by atoms with Crippen LogP contribution in [0.3, 0.4) is 0 Å². The topological polar surface area (TPSA) is 77.1 Å². The van der Waals surface area contributed by atoms with Gasteiger partial charge in [0.25, 0.3) is 5.91 Å². The lowest BCUT2D eigenvalue weighted by Crippen LogP contribution is -2.23. The number of benzene rings is 2. The van der Waals surface area contributed by atoms with E-state index in [0.29, 0.717) is 10.1 Å². The van der Waals surface area contributed by atoms with Gasteiger partial charge in [-0.3, -0.25) is 9.48 Å². The highest BCUT2D eigenvalue weighted by atomic mass is 19.4. The molecule has 10 heteroatoms. The predicted octanol–water partition coefficient (Wildman–Crippen LogP) is 4.23. The van der Waals surface area contributed by atoms with E-state index in [9.17, 15) is 18.0 Å². The summed E-state index contributed by atoms with van der Waals surface area (Å²) in [5.74, 6) is -0.607. The van der Waals surface area contributed by atoms with Gasteiger partial charge < -0.3 is 5.32 Å². The smallest absolute Gasteiger partial charge is 0.346 e. The number of carbonyl (C=O) groups excluding carboxylic acids is 1. The predicted molar refractivity (Wildman–Crippen MR) is 115 cm³/mol. The molecule has 0 fully saturated rings. The fourth-order valence-electron chi connectivity index (χ4n) is 3.62. The lowest BCUT2D eigenvalue weighted by Gasteiger charge is -2.11. The minimum atomic E-state index is -4.69. The first-order chi connectivity index (χ1) is 15.8. The van der Waals surface area contributed by atoms with Gasteiger partial charge in [-0.25, -0.2) is 9.50 Å². The number of hydrogen-bond acceptors (Lipinski definition) is 4. The molecule has 3 aromatic heterocycles. The molecule has 0 aliphatic heterocycles. The van der Waals surface area contributed by atoms with E-state index in [1.165, 1.54) is 6.07 Å². The highest BCUT2D eigenvalue weighted by Crippen LogP contribution is 2.33. The zero-order valence-corrected chi connectivity index (χ0v) is 17.3. The monoisotopic (exact) mass is 450 g/mol. The van der Waals surface area contributed by atoms with E-state index in [4.69, 9.17) is 0 Å². The van der Waals surface area contributed by atoms with Crippen molar-refractivity contribution in [1.29, 1.82) is 0 Å². The zero-order valence-electron chi connectivity index (χ0n) is 17.3. The summed E-state index contributed by atoms with van der Waals surface area (Å²) >= 11 is 0. The van der Waals surface area contributed by atoms with Crippen LogP contribution in [-0.4, -0.2) is 30.3 Å². The van der Waals surface area contributed by atoms with Crippen LogP contribution in [0.5, 0.6) is 0 Å². The molecule has 0 aliphatic carbocycles. The van der Waals surface area contributed by atoms with Crippen molar-refractivity contribution >= 4 is 22.3 Å². The second kappa shape index (κ2) is 7.73. The van der Waals surface area contributed by atoms with Gasteiger partial charge in [0.1, 0.15) is 0 Å². The minimum Gasteiger partial charge on any atom is -0.346 e. The van der Waals surface area contributed by atoms with Crippen molar-refractivity contribution < 1.29 is 18.0 Å². The van der Waals surface area contributed by atoms with Gasteiger partial charge in [0.2, 0.25) is 0 Å². The second-order valence-electron chi connectivity index (χ2n) is 7.59. The third-order valence-corrected chi connectivity index (χ3v) is 5.21. The van der Waals surface area contributed by atoms with Crippen LogP contribution in [0, 0.1) is 0 Å². The van der Waals surface area contributed by atoms with E-state index in [2.05, 4.69) is 20.5 Å². The molecule has 1 N–H and O–H groups in total. The summed E-state index contributed by atoms with van der Waals surface area (Å²) < 4.78 is 43.8. The highest BCUT2D eigenvalue weighted by molar-refractivity contribution is 5.93. The maximum absolute atomic E-state index is 13.9. The molecule has 0 unspecified atom stereocenters. The minimum absolute atomic E-state index is 0.0699. The summed E-state index contributed by atoms with van der Waals surface area (Å²) in [7, 11) is 1.74. The molecule has 3 heterocycles. The van der Waals surface area contributed by atoms with Crippen molar-refractivity contribution in [2.45, 2.75) is 12.7 Å². The number of aryl methyl sites for hydroxylation is 1. The van der Waals surface area contributed by atoms with Gasteiger partial charge in [0, 0.05) is 37.0 Å². The van der Waals surface area contributed by atoms with Crippen molar-refractivity contribution in [3.8, 4) is 11.3 Å². The molecule has 0 radical (unpaired) electrons. The molecule has 33 heavy (non-hydrogen) atoms. The standard InChI is InChI=1S/C23H17F3N6O/c1-31-13-14(12-28-31)11-27-22(33)19-10-21-29-18(9-20(23(24,25)26)32(21)30-19)17-7-6-15-4-2-3-5-16(15)8-17/h2-10,12-13H,11H2,1H3,(H,27,33). The fourth-order valence-corrected chi connectivity index (χ4v) is 3.62. The van der Waals surface area contributed by atoms with Crippen LogP contribution in [0.1, 0.15) is 21.7 Å². The van der Waals surface area contributed by atoms with Crippen molar-refractivity contribution in [3.63, 3.8) is 0 Å². The number of amides is 1. The molecule has 0 saturated heterocycles. The van der Waals surface area contributed by atoms with Crippen LogP contribution in [0.25, 0.3) is 27.7 Å². The van der Waals surface area contributed by atoms with E-state index in [0.717, 1.165) is 22.4 Å². The average Bonchev–Trinajstić information content (AvgIpc) is 3.41. The molecule has 0 spiro atoms. The second-order valence-corrected chi connectivity index (χ2v) is 7.59. The molecule has 0 saturated carbocycles. The van der Waals surface area contributed by atoms with Crippen LogP contribution in [-0.2, 0) is 19.8 Å². The summed E-state index contributed by atoms with van der Waals surface area (Å²) in [5, 5.41) is 12.4. The number of nitrogens with zero attached hydrogens (tertiary/aromatic N) is 5. The molecular formula is C23H17F3N6O. The Balaban J connectivity index is 1.54. The van der Waals surface area contributed by atoms with E-state index in [-0.39, 0.29) is 23.6 Å². The molecule has 7 nitrogen and oxygen atoms in total. The molecule has 166 valence electrons. The average molecular weight is 450 g/mol. The number of aromatic nitrogens is 5. The van der Waals surface area contributed by atoms with Crippen LogP contribution in [0.15, 0.2) is 67.0 Å². The number of fused-ring (bicyclic) bond motifs is 2. The highest BCUT2D eigenvalue weighted by Gasteiger charge is 2.35. The van der Waals surface area contributed by atoms with Crippen molar-refractivity contribution in [1.82, 2.24) is 29.7 Å². The van der Waals surface area contributed by atoms with Crippen LogP contribution in [0.2, 0.25) is 0 Å². The Morgan fingerprint density at radius 2 is 1.85 bits per heavy atom.